The van der Waals surface area contributed by atoms with Gasteiger partial charge in [-0.25, -0.2) is 9.37 Å². The minimum atomic E-state index is -0.273. The molecule has 5 nitrogen and oxygen atoms in total. The fourth-order valence-corrected chi connectivity index (χ4v) is 3.05. The summed E-state index contributed by atoms with van der Waals surface area (Å²) in [4.78, 5) is 16.3. The second-order valence-electron chi connectivity index (χ2n) is 7.64. The van der Waals surface area contributed by atoms with Gasteiger partial charge in [0, 0.05) is 36.0 Å². The van der Waals surface area contributed by atoms with Crippen LogP contribution >= 0.6 is 0 Å². The van der Waals surface area contributed by atoms with Crippen molar-refractivity contribution in [2.45, 2.75) is 33.2 Å². The van der Waals surface area contributed by atoms with Crippen molar-refractivity contribution in [1.29, 1.82) is 0 Å². The second kappa shape index (κ2) is 7.54. The first kappa shape index (κ1) is 18.3. The molecule has 0 aliphatic heterocycles. The van der Waals surface area contributed by atoms with Gasteiger partial charge in [0.1, 0.15) is 17.3 Å². The first-order valence-corrected chi connectivity index (χ1v) is 9.60. The van der Waals surface area contributed by atoms with Crippen LogP contribution in [0, 0.1) is 17.7 Å². The molecule has 0 saturated heterocycles. The van der Waals surface area contributed by atoms with E-state index in [4.69, 9.17) is 5.10 Å². The van der Waals surface area contributed by atoms with Crippen molar-refractivity contribution in [3.8, 4) is 22.4 Å². The van der Waals surface area contributed by atoms with Crippen LogP contribution in [0.4, 0.5) is 10.2 Å². The molecule has 1 saturated carbocycles. The molecule has 0 bridgehead atoms. The number of anilines is 1. The first-order valence-electron chi connectivity index (χ1n) is 9.60. The van der Waals surface area contributed by atoms with Crippen LogP contribution in [0.3, 0.4) is 0 Å². The van der Waals surface area contributed by atoms with Gasteiger partial charge in [-0.2, -0.15) is 5.10 Å². The molecule has 1 aliphatic carbocycles. The molecule has 1 aromatic carbocycles. The third-order valence-electron chi connectivity index (χ3n) is 4.87. The van der Waals surface area contributed by atoms with Crippen molar-refractivity contribution >= 4 is 11.7 Å². The second-order valence-corrected chi connectivity index (χ2v) is 7.64. The highest BCUT2D eigenvalue weighted by molar-refractivity contribution is 5.92. The Balaban J connectivity index is 1.72. The SMILES string of the molecule is CC(C)C(=O)Nc1cc(-c2cn(CC3CC3)nc2-c2ccc(F)cc2)ccn1. The predicted molar refractivity (Wildman–Crippen MR) is 107 cm³/mol. The molecular weight excluding hydrogens is 355 g/mol. The number of pyridine rings is 1. The van der Waals surface area contributed by atoms with Gasteiger partial charge in [-0.3, -0.25) is 9.48 Å². The van der Waals surface area contributed by atoms with Gasteiger partial charge in [0.2, 0.25) is 5.91 Å². The topological polar surface area (TPSA) is 59.8 Å². The lowest BCUT2D eigenvalue weighted by Gasteiger charge is -2.08. The van der Waals surface area contributed by atoms with Crippen LogP contribution in [0.25, 0.3) is 22.4 Å². The van der Waals surface area contributed by atoms with E-state index in [1.807, 2.05) is 36.9 Å². The third-order valence-corrected chi connectivity index (χ3v) is 4.87. The number of carbonyl (C=O) groups is 1. The number of rotatable bonds is 6. The number of nitrogens with one attached hydrogen (secondary N) is 1. The number of hydrogen-bond donors (Lipinski definition) is 1. The summed E-state index contributed by atoms with van der Waals surface area (Å²) in [5.41, 5.74) is 3.51. The number of carbonyl (C=O) groups excluding carboxylic acids is 1. The molecule has 4 rings (SSSR count). The van der Waals surface area contributed by atoms with Crippen LogP contribution in [0.1, 0.15) is 26.7 Å². The molecule has 0 unspecified atom stereocenters. The summed E-state index contributed by atoms with van der Waals surface area (Å²) in [5.74, 6) is 0.725. The van der Waals surface area contributed by atoms with E-state index in [0.717, 1.165) is 28.9 Å². The van der Waals surface area contributed by atoms with Crippen LogP contribution in [0.2, 0.25) is 0 Å². The Morgan fingerprint density at radius 1 is 1.21 bits per heavy atom. The summed E-state index contributed by atoms with van der Waals surface area (Å²) in [7, 11) is 0. The van der Waals surface area contributed by atoms with Crippen LogP contribution in [0.15, 0.2) is 48.8 Å². The molecule has 144 valence electrons. The maximum atomic E-state index is 13.4. The van der Waals surface area contributed by atoms with E-state index in [9.17, 15) is 9.18 Å². The molecule has 1 N–H and O–H groups in total. The van der Waals surface area contributed by atoms with Crippen molar-refractivity contribution in [2.24, 2.45) is 11.8 Å². The van der Waals surface area contributed by atoms with Gasteiger partial charge < -0.3 is 5.32 Å². The predicted octanol–water partition coefficient (Wildman–Crippen LogP) is 4.76. The molecule has 0 spiro atoms. The Bertz CT molecular complexity index is 990. The first-order chi connectivity index (χ1) is 13.5. The lowest BCUT2D eigenvalue weighted by atomic mass is 10.0. The van der Waals surface area contributed by atoms with Gasteiger partial charge in [0.25, 0.3) is 0 Å². The molecule has 28 heavy (non-hydrogen) atoms. The number of hydrogen-bond acceptors (Lipinski definition) is 3. The van der Waals surface area contributed by atoms with Crippen molar-refractivity contribution < 1.29 is 9.18 Å². The highest BCUT2D eigenvalue weighted by Crippen LogP contribution is 2.35. The van der Waals surface area contributed by atoms with Crippen molar-refractivity contribution in [1.82, 2.24) is 14.8 Å². The van der Waals surface area contributed by atoms with E-state index in [0.29, 0.717) is 11.7 Å². The van der Waals surface area contributed by atoms with Gasteiger partial charge >= 0.3 is 0 Å². The number of amides is 1. The maximum absolute atomic E-state index is 13.4. The molecule has 0 radical (unpaired) electrons. The van der Waals surface area contributed by atoms with Crippen molar-refractivity contribution in [3.63, 3.8) is 0 Å². The molecule has 6 heteroatoms. The highest BCUT2D eigenvalue weighted by atomic mass is 19.1. The van der Waals surface area contributed by atoms with Crippen molar-refractivity contribution in [3.05, 3.63) is 54.6 Å². The van der Waals surface area contributed by atoms with Gasteiger partial charge in [-0.1, -0.05) is 13.8 Å². The van der Waals surface area contributed by atoms with Gasteiger partial charge in [-0.05, 0) is 60.7 Å². The summed E-state index contributed by atoms with van der Waals surface area (Å²) >= 11 is 0. The summed E-state index contributed by atoms with van der Waals surface area (Å²) in [5, 5.41) is 7.61. The fraction of sp³-hybridized carbons (Fsp3) is 0.318. The van der Waals surface area contributed by atoms with E-state index < -0.39 is 0 Å². The zero-order valence-corrected chi connectivity index (χ0v) is 16.0. The number of halogens is 1. The Morgan fingerprint density at radius 2 is 1.96 bits per heavy atom. The zero-order valence-electron chi connectivity index (χ0n) is 16.0. The van der Waals surface area contributed by atoms with Gasteiger partial charge in [-0.15, -0.1) is 0 Å². The zero-order chi connectivity index (χ0) is 19.7. The Hall–Kier alpha value is -3.02. The van der Waals surface area contributed by atoms with E-state index in [2.05, 4.69) is 10.3 Å². The average Bonchev–Trinajstić information content (AvgIpc) is 3.39. The maximum Gasteiger partial charge on any atom is 0.228 e. The fourth-order valence-electron chi connectivity index (χ4n) is 3.05. The van der Waals surface area contributed by atoms with Crippen LogP contribution in [-0.4, -0.2) is 20.7 Å². The Labute approximate surface area is 163 Å². The minimum Gasteiger partial charge on any atom is -0.310 e. The van der Waals surface area contributed by atoms with E-state index in [-0.39, 0.29) is 17.6 Å². The quantitative estimate of drug-likeness (QED) is 0.673. The van der Waals surface area contributed by atoms with Gasteiger partial charge in [0.15, 0.2) is 0 Å². The monoisotopic (exact) mass is 378 g/mol. The minimum absolute atomic E-state index is 0.0761. The van der Waals surface area contributed by atoms with Crippen LogP contribution < -0.4 is 5.32 Å². The average molecular weight is 378 g/mol. The van der Waals surface area contributed by atoms with Crippen molar-refractivity contribution in [2.75, 3.05) is 5.32 Å². The summed E-state index contributed by atoms with van der Waals surface area (Å²) < 4.78 is 15.3. The molecular formula is C22H23FN4O. The molecule has 0 atom stereocenters. The van der Waals surface area contributed by atoms with Gasteiger partial charge in [0.05, 0.1) is 0 Å². The summed E-state index contributed by atoms with van der Waals surface area (Å²) in [6.07, 6.45) is 6.18. The molecule has 2 aromatic heterocycles. The summed E-state index contributed by atoms with van der Waals surface area (Å²) in [6.45, 7) is 4.57. The molecule has 2 heterocycles. The van der Waals surface area contributed by atoms with Crippen LogP contribution in [-0.2, 0) is 11.3 Å². The standard InChI is InChI=1S/C22H23FN4O/c1-14(2)22(28)25-20-11-17(9-10-24-20)19-13-27(12-15-3-4-15)26-21(19)16-5-7-18(23)8-6-16/h5-11,13-15H,3-4,12H2,1-2H3,(H,24,25,28). The number of aromatic nitrogens is 3. The van der Waals surface area contributed by atoms with E-state index >= 15 is 0 Å². The smallest absolute Gasteiger partial charge is 0.228 e. The normalized spacial score (nSPS) is 13.7. The molecule has 1 fully saturated rings. The molecule has 1 amide bonds. The van der Waals surface area contributed by atoms with Crippen LogP contribution in [0.5, 0.6) is 0 Å². The highest BCUT2D eigenvalue weighted by Gasteiger charge is 2.23. The lowest BCUT2D eigenvalue weighted by molar-refractivity contribution is -0.118. The third kappa shape index (κ3) is 4.11. The number of nitrogens with zero attached hydrogens (tertiary/aromatic N) is 3. The Kier molecular flexibility index (Phi) is 4.94. The van der Waals surface area contributed by atoms with E-state index in [1.54, 1.807) is 18.3 Å². The van der Waals surface area contributed by atoms with E-state index in [1.165, 1.54) is 25.0 Å². The number of benzene rings is 1. The molecule has 3 aromatic rings. The largest absolute Gasteiger partial charge is 0.310 e. The Morgan fingerprint density at radius 3 is 2.64 bits per heavy atom. The lowest BCUT2D eigenvalue weighted by Crippen LogP contribution is -2.18. The summed E-state index contributed by atoms with van der Waals surface area (Å²) in [6, 6.07) is 10.1. The molecule has 1 aliphatic rings.